The highest BCUT2D eigenvalue weighted by atomic mass is 32.2. The summed E-state index contributed by atoms with van der Waals surface area (Å²) in [6, 6.07) is 19.0. The lowest BCUT2D eigenvalue weighted by molar-refractivity contribution is -0.00181. The molecule has 2 amide bonds. The molecule has 0 aromatic heterocycles. The SMILES string of the molecule is CCc1ccc(C(=O)N(N(SOc2ccc(C)c(C)c2)C(=O)c2cc(C)cc(C)c2)C(C)(C)C)cc1. The van der Waals surface area contributed by atoms with Gasteiger partial charge in [-0.25, -0.2) is 5.01 Å². The second-order valence-corrected chi connectivity index (χ2v) is 10.9. The molecule has 0 atom stereocenters. The molecule has 0 aliphatic carbocycles. The molecule has 0 saturated heterocycles. The van der Waals surface area contributed by atoms with Gasteiger partial charge in [0.15, 0.2) is 0 Å². The van der Waals surface area contributed by atoms with Crippen LogP contribution in [0.4, 0.5) is 0 Å². The molecule has 0 N–H and O–H groups in total. The first kappa shape index (κ1) is 27.3. The smallest absolute Gasteiger partial charge is 0.285 e. The van der Waals surface area contributed by atoms with Crippen LogP contribution >= 0.6 is 12.2 Å². The lowest BCUT2D eigenvalue weighted by Crippen LogP contribution is -2.55. The van der Waals surface area contributed by atoms with E-state index in [0.29, 0.717) is 16.9 Å². The largest absolute Gasteiger partial charge is 0.404 e. The minimum atomic E-state index is -0.714. The predicted octanol–water partition coefficient (Wildman–Crippen LogP) is 7.42. The van der Waals surface area contributed by atoms with Crippen molar-refractivity contribution in [1.29, 1.82) is 0 Å². The quantitative estimate of drug-likeness (QED) is 0.199. The van der Waals surface area contributed by atoms with Crippen molar-refractivity contribution in [3.05, 3.63) is 99.6 Å². The van der Waals surface area contributed by atoms with Crippen LogP contribution in [-0.2, 0) is 6.42 Å². The second-order valence-electron chi connectivity index (χ2n) is 10.2. The Kier molecular flexibility index (Phi) is 8.51. The van der Waals surface area contributed by atoms with E-state index in [2.05, 4.69) is 6.92 Å². The third-order valence-electron chi connectivity index (χ3n) is 5.94. The fraction of sp³-hybridized carbons (Fsp3) is 0.333. The van der Waals surface area contributed by atoms with Crippen molar-refractivity contribution in [2.75, 3.05) is 0 Å². The Balaban J connectivity index is 2.06. The third kappa shape index (κ3) is 6.49. The first-order valence-corrected chi connectivity index (χ1v) is 12.9. The molecule has 6 heteroatoms. The normalized spacial score (nSPS) is 11.2. The third-order valence-corrected chi connectivity index (χ3v) is 6.68. The maximum Gasteiger partial charge on any atom is 0.285 e. The highest BCUT2D eigenvalue weighted by Crippen LogP contribution is 2.31. The molecule has 0 unspecified atom stereocenters. The van der Waals surface area contributed by atoms with E-state index < -0.39 is 5.54 Å². The highest BCUT2D eigenvalue weighted by molar-refractivity contribution is 7.93. The lowest BCUT2D eigenvalue weighted by Gasteiger charge is -2.41. The summed E-state index contributed by atoms with van der Waals surface area (Å²) in [5.74, 6) is -0.00178. The zero-order valence-corrected chi connectivity index (χ0v) is 23.3. The Hall–Kier alpha value is -3.25. The summed E-state index contributed by atoms with van der Waals surface area (Å²) >= 11 is 0.858. The summed E-state index contributed by atoms with van der Waals surface area (Å²) in [6.45, 7) is 15.7. The van der Waals surface area contributed by atoms with Crippen molar-refractivity contribution in [3.8, 4) is 5.75 Å². The average molecular weight is 505 g/mol. The summed E-state index contributed by atoms with van der Waals surface area (Å²) in [5.41, 5.74) is 5.61. The average Bonchev–Trinajstić information content (AvgIpc) is 2.81. The van der Waals surface area contributed by atoms with Gasteiger partial charge in [0.2, 0.25) is 12.2 Å². The minimum Gasteiger partial charge on any atom is -0.404 e. The van der Waals surface area contributed by atoms with Crippen LogP contribution in [0.25, 0.3) is 0 Å². The van der Waals surface area contributed by atoms with E-state index in [9.17, 15) is 9.59 Å². The first-order chi connectivity index (χ1) is 16.9. The Labute approximate surface area is 219 Å². The van der Waals surface area contributed by atoms with Gasteiger partial charge in [-0.1, -0.05) is 42.3 Å². The van der Waals surface area contributed by atoms with Gasteiger partial charge in [0.05, 0.1) is 5.54 Å². The van der Waals surface area contributed by atoms with Crippen molar-refractivity contribution < 1.29 is 13.8 Å². The Morgan fingerprint density at radius 2 is 1.39 bits per heavy atom. The van der Waals surface area contributed by atoms with Crippen LogP contribution in [0.5, 0.6) is 5.75 Å². The van der Waals surface area contributed by atoms with E-state index in [-0.39, 0.29) is 11.8 Å². The molecule has 0 saturated carbocycles. The summed E-state index contributed by atoms with van der Waals surface area (Å²) in [4.78, 5) is 27.8. The fourth-order valence-corrected chi connectivity index (χ4v) is 4.69. The Morgan fingerprint density at radius 3 is 1.92 bits per heavy atom. The van der Waals surface area contributed by atoms with Gasteiger partial charge in [0.25, 0.3) is 11.8 Å². The lowest BCUT2D eigenvalue weighted by atomic mass is 10.0. The van der Waals surface area contributed by atoms with Crippen LogP contribution in [0.15, 0.2) is 60.7 Å². The number of amides is 2. The van der Waals surface area contributed by atoms with Gasteiger partial charge in [-0.3, -0.25) is 9.59 Å². The molecule has 0 radical (unpaired) electrons. The van der Waals surface area contributed by atoms with E-state index in [0.717, 1.165) is 46.5 Å². The summed E-state index contributed by atoms with van der Waals surface area (Å²) in [6.07, 6.45) is 0.883. The predicted molar refractivity (Wildman–Crippen MR) is 148 cm³/mol. The topological polar surface area (TPSA) is 49.9 Å². The van der Waals surface area contributed by atoms with Crippen LogP contribution in [0, 0.1) is 27.7 Å². The van der Waals surface area contributed by atoms with Crippen molar-refractivity contribution in [2.24, 2.45) is 0 Å². The minimum absolute atomic E-state index is 0.279. The van der Waals surface area contributed by atoms with Gasteiger partial charge in [0.1, 0.15) is 5.75 Å². The number of hydrogen-bond donors (Lipinski definition) is 0. The van der Waals surface area contributed by atoms with Crippen LogP contribution in [-0.4, -0.2) is 26.8 Å². The Morgan fingerprint density at radius 1 is 0.778 bits per heavy atom. The van der Waals surface area contributed by atoms with Crippen LogP contribution < -0.4 is 4.18 Å². The van der Waals surface area contributed by atoms with E-state index in [1.54, 1.807) is 0 Å². The monoisotopic (exact) mass is 504 g/mol. The van der Waals surface area contributed by atoms with Crippen molar-refractivity contribution >= 4 is 24.0 Å². The number of nitrogens with zero attached hydrogens (tertiary/aromatic N) is 2. The molecule has 5 nitrogen and oxygen atoms in total. The molecule has 3 rings (SSSR count). The number of benzene rings is 3. The maximum absolute atomic E-state index is 13.9. The van der Waals surface area contributed by atoms with Gasteiger partial charge in [-0.2, -0.15) is 0 Å². The second kappa shape index (κ2) is 11.2. The molecular formula is C30H36N2O3S. The van der Waals surface area contributed by atoms with E-state index in [1.807, 2.05) is 109 Å². The van der Waals surface area contributed by atoms with E-state index in [1.165, 1.54) is 9.42 Å². The summed E-state index contributed by atoms with van der Waals surface area (Å²) in [5, 5.41) is 1.49. The number of carbonyl (C=O) groups is 2. The molecular weight excluding hydrogens is 468 g/mol. The van der Waals surface area contributed by atoms with Crippen LogP contribution in [0.1, 0.15) is 76.2 Å². The fourth-order valence-electron chi connectivity index (χ4n) is 3.88. The first-order valence-electron chi connectivity index (χ1n) is 12.2. The molecule has 0 bridgehead atoms. The summed E-state index contributed by atoms with van der Waals surface area (Å²) < 4.78 is 7.38. The maximum atomic E-state index is 13.9. The molecule has 3 aromatic rings. The molecule has 190 valence electrons. The van der Waals surface area contributed by atoms with Gasteiger partial charge in [0, 0.05) is 11.1 Å². The molecule has 0 aliphatic heterocycles. The zero-order chi connectivity index (χ0) is 26.6. The molecule has 0 spiro atoms. The number of hydrogen-bond acceptors (Lipinski definition) is 4. The van der Waals surface area contributed by atoms with Crippen LogP contribution in [0.3, 0.4) is 0 Å². The number of rotatable bonds is 6. The highest BCUT2D eigenvalue weighted by Gasteiger charge is 2.38. The zero-order valence-electron chi connectivity index (χ0n) is 22.5. The summed E-state index contributed by atoms with van der Waals surface area (Å²) in [7, 11) is 0. The van der Waals surface area contributed by atoms with Crippen molar-refractivity contribution in [2.45, 2.75) is 67.3 Å². The van der Waals surface area contributed by atoms with Gasteiger partial charge in [-0.15, -0.1) is 4.41 Å². The number of carbonyl (C=O) groups excluding carboxylic acids is 2. The van der Waals surface area contributed by atoms with Crippen LogP contribution in [0.2, 0.25) is 0 Å². The van der Waals surface area contributed by atoms with Gasteiger partial charge < -0.3 is 4.18 Å². The number of hydrazine groups is 1. The van der Waals surface area contributed by atoms with E-state index >= 15 is 0 Å². The van der Waals surface area contributed by atoms with Crippen molar-refractivity contribution in [3.63, 3.8) is 0 Å². The number of aryl methyl sites for hydroxylation is 5. The molecule has 0 aliphatic rings. The van der Waals surface area contributed by atoms with E-state index in [4.69, 9.17) is 4.18 Å². The molecule has 0 fully saturated rings. The van der Waals surface area contributed by atoms with Gasteiger partial charge in [-0.05, 0) is 108 Å². The standard InChI is InChI=1S/C30H36N2O3S/c1-9-24-11-13-25(14-12-24)28(33)31(30(6,7)8)32(29(34)26-17-20(2)16-21(3)18-26)36-35-27-15-10-22(4)23(5)19-27/h10-19H,9H2,1-8H3. The van der Waals surface area contributed by atoms with Crippen molar-refractivity contribution in [1.82, 2.24) is 9.42 Å². The Bertz CT molecular complexity index is 1230. The van der Waals surface area contributed by atoms with Gasteiger partial charge >= 0.3 is 0 Å². The molecule has 0 heterocycles. The molecule has 3 aromatic carbocycles. The molecule has 36 heavy (non-hydrogen) atoms.